The number of primary amides is 1. The zero-order valence-electron chi connectivity index (χ0n) is 8.33. The van der Waals surface area contributed by atoms with Gasteiger partial charge in [-0.15, -0.1) is 11.6 Å². The molecule has 0 aliphatic carbocycles. The van der Waals surface area contributed by atoms with Crippen LogP contribution in [-0.4, -0.2) is 17.6 Å². The van der Waals surface area contributed by atoms with Crippen LogP contribution < -0.4 is 11.5 Å². The second-order valence-electron chi connectivity index (χ2n) is 3.10. The van der Waals surface area contributed by atoms with Crippen LogP contribution in [0.1, 0.15) is 15.9 Å². The van der Waals surface area contributed by atoms with Crippen LogP contribution in [0.3, 0.4) is 0 Å². The fourth-order valence-corrected chi connectivity index (χ4v) is 1.18. The lowest BCUT2D eigenvalue weighted by molar-refractivity contribution is 0.100. The molecule has 0 saturated heterocycles. The van der Waals surface area contributed by atoms with Gasteiger partial charge in [0.2, 0.25) is 5.91 Å². The highest BCUT2D eigenvalue weighted by Gasteiger charge is 2.03. The summed E-state index contributed by atoms with van der Waals surface area (Å²) in [5.41, 5.74) is 12.6. The van der Waals surface area contributed by atoms with Gasteiger partial charge < -0.3 is 11.5 Å². The van der Waals surface area contributed by atoms with Gasteiger partial charge in [0.05, 0.1) is 11.6 Å². The topological polar surface area (TPSA) is 81.5 Å². The first-order chi connectivity index (χ1) is 7.04. The second kappa shape index (κ2) is 4.79. The minimum atomic E-state index is -0.459. The number of aliphatic imine (C=N–C) groups is 1. The van der Waals surface area contributed by atoms with Crippen molar-refractivity contribution >= 4 is 29.0 Å². The average Bonchev–Trinajstić information content (AvgIpc) is 2.20. The number of halogens is 1. The van der Waals surface area contributed by atoms with Gasteiger partial charge in [-0.2, -0.15) is 0 Å². The van der Waals surface area contributed by atoms with E-state index in [0.717, 1.165) is 5.56 Å². The number of alkyl halides is 1. The summed E-state index contributed by atoms with van der Waals surface area (Å²) in [5, 5.41) is 0. The Morgan fingerprint density at radius 1 is 1.47 bits per heavy atom. The SMILES string of the molecule is Cc1cc(C(N)=O)ccc1N=C(N)CCl. The van der Waals surface area contributed by atoms with Gasteiger partial charge in [-0.25, -0.2) is 4.99 Å². The van der Waals surface area contributed by atoms with Crippen molar-refractivity contribution in [3.8, 4) is 0 Å². The first-order valence-corrected chi connectivity index (χ1v) is 4.87. The highest BCUT2D eigenvalue weighted by Crippen LogP contribution is 2.19. The van der Waals surface area contributed by atoms with Gasteiger partial charge in [-0.1, -0.05) is 0 Å². The van der Waals surface area contributed by atoms with Crippen LogP contribution in [0, 0.1) is 6.92 Å². The predicted octanol–water partition coefficient (Wildman–Crippen LogP) is 1.32. The maximum atomic E-state index is 10.9. The monoisotopic (exact) mass is 225 g/mol. The largest absolute Gasteiger partial charge is 0.386 e. The third-order valence-electron chi connectivity index (χ3n) is 1.88. The van der Waals surface area contributed by atoms with E-state index in [2.05, 4.69) is 4.99 Å². The molecule has 0 aliphatic rings. The van der Waals surface area contributed by atoms with Crippen molar-refractivity contribution < 1.29 is 4.79 Å². The van der Waals surface area contributed by atoms with E-state index >= 15 is 0 Å². The fraction of sp³-hybridized carbons (Fsp3) is 0.200. The van der Waals surface area contributed by atoms with Crippen molar-refractivity contribution in [2.24, 2.45) is 16.5 Å². The number of nitrogens with two attached hydrogens (primary N) is 2. The first kappa shape index (κ1) is 11.5. The van der Waals surface area contributed by atoms with E-state index in [-0.39, 0.29) is 5.88 Å². The summed E-state index contributed by atoms with van der Waals surface area (Å²) in [4.78, 5) is 15.0. The van der Waals surface area contributed by atoms with Crippen molar-refractivity contribution in [1.82, 2.24) is 0 Å². The normalized spacial score (nSPS) is 11.5. The lowest BCUT2D eigenvalue weighted by atomic mass is 10.1. The van der Waals surface area contributed by atoms with Crippen molar-refractivity contribution in [1.29, 1.82) is 0 Å². The van der Waals surface area contributed by atoms with Crippen LogP contribution in [0.5, 0.6) is 0 Å². The van der Waals surface area contributed by atoms with E-state index in [1.807, 2.05) is 6.92 Å². The number of carbonyl (C=O) groups excluding carboxylic acids is 1. The molecule has 0 bridgehead atoms. The number of hydrogen-bond acceptors (Lipinski definition) is 2. The lowest BCUT2D eigenvalue weighted by Crippen LogP contribution is -2.13. The van der Waals surface area contributed by atoms with Crippen LogP contribution in [0.4, 0.5) is 5.69 Å². The predicted molar refractivity (Wildman–Crippen MR) is 61.7 cm³/mol. The molecular weight excluding hydrogens is 214 g/mol. The van der Waals surface area contributed by atoms with Crippen LogP contribution in [0.15, 0.2) is 23.2 Å². The van der Waals surface area contributed by atoms with E-state index in [1.54, 1.807) is 18.2 Å². The summed E-state index contributed by atoms with van der Waals surface area (Å²) in [7, 11) is 0. The zero-order valence-corrected chi connectivity index (χ0v) is 9.08. The number of aryl methyl sites for hydroxylation is 1. The van der Waals surface area contributed by atoms with Gasteiger partial charge in [-0.05, 0) is 30.7 Å². The smallest absolute Gasteiger partial charge is 0.248 e. The van der Waals surface area contributed by atoms with Crippen LogP contribution in [-0.2, 0) is 0 Å². The molecule has 0 aliphatic heterocycles. The van der Waals surface area contributed by atoms with Gasteiger partial charge in [0.15, 0.2) is 0 Å². The lowest BCUT2D eigenvalue weighted by Gasteiger charge is -2.03. The molecule has 0 heterocycles. The molecule has 0 atom stereocenters. The first-order valence-electron chi connectivity index (χ1n) is 4.34. The molecule has 1 rings (SSSR count). The van der Waals surface area contributed by atoms with E-state index in [9.17, 15) is 4.79 Å². The summed E-state index contributed by atoms with van der Waals surface area (Å²) < 4.78 is 0. The summed E-state index contributed by atoms with van der Waals surface area (Å²) in [5.74, 6) is 0.0577. The van der Waals surface area contributed by atoms with Crippen molar-refractivity contribution in [3.05, 3.63) is 29.3 Å². The highest BCUT2D eigenvalue weighted by molar-refractivity contribution is 6.28. The molecular formula is C10H12ClN3O. The Morgan fingerprint density at radius 3 is 2.60 bits per heavy atom. The van der Waals surface area contributed by atoms with Crippen LogP contribution in [0.25, 0.3) is 0 Å². The Bertz CT molecular complexity index is 415. The number of amides is 1. The van der Waals surface area contributed by atoms with Gasteiger partial charge in [0.25, 0.3) is 0 Å². The molecule has 1 amide bonds. The molecule has 5 heteroatoms. The molecule has 1 aromatic carbocycles. The Labute approximate surface area is 92.9 Å². The molecule has 80 valence electrons. The van der Waals surface area contributed by atoms with Crippen molar-refractivity contribution in [2.45, 2.75) is 6.92 Å². The molecule has 0 aromatic heterocycles. The Balaban J connectivity index is 3.09. The Kier molecular flexibility index (Phi) is 3.68. The van der Waals surface area contributed by atoms with Gasteiger partial charge in [0, 0.05) is 5.56 Å². The number of amidine groups is 1. The van der Waals surface area contributed by atoms with Crippen LogP contribution >= 0.6 is 11.6 Å². The van der Waals surface area contributed by atoms with E-state index < -0.39 is 5.91 Å². The maximum absolute atomic E-state index is 10.9. The molecule has 0 fully saturated rings. The quantitative estimate of drug-likeness (QED) is 0.462. The summed E-state index contributed by atoms with van der Waals surface area (Å²) in [6.45, 7) is 1.83. The molecule has 1 aromatic rings. The summed E-state index contributed by atoms with van der Waals surface area (Å²) in [6.07, 6.45) is 0. The fourth-order valence-electron chi connectivity index (χ4n) is 1.12. The number of benzene rings is 1. The van der Waals surface area contributed by atoms with Gasteiger partial charge >= 0.3 is 0 Å². The number of nitrogens with zero attached hydrogens (tertiary/aromatic N) is 1. The maximum Gasteiger partial charge on any atom is 0.248 e. The van der Waals surface area contributed by atoms with Gasteiger partial charge in [0.1, 0.15) is 5.84 Å². The third-order valence-corrected chi connectivity index (χ3v) is 2.16. The Morgan fingerprint density at radius 2 is 2.13 bits per heavy atom. The summed E-state index contributed by atoms with van der Waals surface area (Å²) >= 11 is 5.51. The zero-order chi connectivity index (χ0) is 11.4. The van der Waals surface area contributed by atoms with E-state index in [0.29, 0.717) is 17.1 Å². The number of carbonyl (C=O) groups is 1. The standard InChI is InChI=1S/C10H12ClN3O/c1-6-4-7(10(13)15)2-3-8(6)14-9(12)5-11/h2-4H,5H2,1H3,(H2,12,14)(H2,13,15). The number of hydrogen-bond donors (Lipinski definition) is 2. The van der Waals surface area contributed by atoms with Gasteiger partial charge in [-0.3, -0.25) is 4.79 Å². The second-order valence-corrected chi connectivity index (χ2v) is 3.37. The summed E-state index contributed by atoms with van der Waals surface area (Å²) in [6, 6.07) is 4.97. The van der Waals surface area contributed by atoms with Crippen molar-refractivity contribution in [2.75, 3.05) is 5.88 Å². The Hall–Kier alpha value is -1.55. The third kappa shape index (κ3) is 2.95. The van der Waals surface area contributed by atoms with Crippen LogP contribution in [0.2, 0.25) is 0 Å². The van der Waals surface area contributed by atoms with Crippen molar-refractivity contribution in [3.63, 3.8) is 0 Å². The number of rotatable bonds is 3. The molecule has 0 unspecified atom stereocenters. The van der Waals surface area contributed by atoms with E-state index in [1.165, 1.54) is 0 Å². The molecule has 0 spiro atoms. The minimum absolute atomic E-state index is 0.178. The highest BCUT2D eigenvalue weighted by atomic mass is 35.5. The molecule has 15 heavy (non-hydrogen) atoms. The average molecular weight is 226 g/mol. The molecule has 4 nitrogen and oxygen atoms in total. The van der Waals surface area contributed by atoms with E-state index in [4.69, 9.17) is 23.1 Å². The molecule has 4 N–H and O–H groups in total. The molecule has 0 saturated carbocycles. The minimum Gasteiger partial charge on any atom is -0.386 e. The molecule has 0 radical (unpaired) electrons.